The number of phenols is 1. The largest absolute Gasteiger partial charge is 0.508 e. The Bertz CT molecular complexity index is 1280. The van der Waals surface area contributed by atoms with Crippen LogP contribution in [0.5, 0.6) is 5.75 Å². The Morgan fingerprint density at radius 2 is 1.84 bits per heavy atom. The smallest absolute Gasteiger partial charge is 0.410 e. The van der Waals surface area contributed by atoms with Gasteiger partial charge in [0, 0.05) is 49.7 Å². The number of aromatic hydroxyl groups is 1. The Kier molecular flexibility index (Phi) is 8.06. The van der Waals surface area contributed by atoms with Gasteiger partial charge in [-0.1, -0.05) is 23.2 Å². The third kappa shape index (κ3) is 6.22. The minimum Gasteiger partial charge on any atom is -0.508 e. The zero-order valence-corrected chi connectivity index (χ0v) is 23.3. The number of benzene rings is 1. The molecule has 1 fully saturated rings. The normalized spacial score (nSPS) is 14.7. The summed E-state index contributed by atoms with van der Waals surface area (Å²) in [5.74, 6) is 0.706. The van der Waals surface area contributed by atoms with Gasteiger partial charge in [0.1, 0.15) is 17.2 Å². The average Bonchev–Trinajstić information content (AvgIpc) is 3.11. The molecule has 1 aliphatic rings. The molecule has 3 aromatic rings. The highest BCUT2D eigenvalue weighted by Crippen LogP contribution is 2.41. The second-order valence-corrected chi connectivity index (χ2v) is 11.0. The van der Waals surface area contributed by atoms with Crippen LogP contribution in [-0.4, -0.2) is 68.6 Å². The van der Waals surface area contributed by atoms with E-state index >= 15 is 0 Å². The summed E-state index contributed by atoms with van der Waals surface area (Å²) >= 11 is 12.9. The highest BCUT2D eigenvalue weighted by Gasteiger charge is 2.29. The third-order valence-corrected chi connectivity index (χ3v) is 6.68. The predicted octanol–water partition coefficient (Wildman–Crippen LogP) is 5.85. The van der Waals surface area contributed by atoms with Crippen LogP contribution in [-0.2, 0) is 9.47 Å². The fourth-order valence-electron chi connectivity index (χ4n) is 4.51. The number of aryl methyl sites for hydroxylation is 2. The van der Waals surface area contributed by atoms with Gasteiger partial charge in [-0.15, -0.1) is 0 Å². The van der Waals surface area contributed by atoms with Crippen molar-refractivity contribution in [2.75, 3.05) is 31.6 Å². The first kappa shape index (κ1) is 27.3. The van der Waals surface area contributed by atoms with Crippen molar-refractivity contribution in [3.05, 3.63) is 39.6 Å². The number of rotatable bonds is 6. The zero-order chi connectivity index (χ0) is 26.9. The highest BCUT2D eigenvalue weighted by molar-refractivity contribution is 6.39. The molecule has 3 heterocycles. The summed E-state index contributed by atoms with van der Waals surface area (Å²) in [6.45, 7) is 11.5. The molecule has 1 aromatic carbocycles. The Labute approximate surface area is 226 Å². The van der Waals surface area contributed by atoms with E-state index in [2.05, 4.69) is 5.32 Å². The number of aromatic nitrogens is 3. The average molecular weight is 550 g/mol. The summed E-state index contributed by atoms with van der Waals surface area (Å²) in [6, 6.07) is 4.85. The molecule has 0 bridgehead atoms. The summed E-state index contributed by atoms with van der Waals surface area (Å²) in [7, 11) is 0. The van der Waals surface area contributed by atoms with E-state index in [4.69, 9.17) is 42.8 Å². The van der Waals surface area contributed by atoms with Crippen molar-refractivity contribution in [2.24, 2.45) is 0 Å². The van der Waals surface area contributed by atoms with Crippen molar-refractivity contribution in [3.63, 3.8) is 0 Å². The first-order valence-corrected chi connectivity index (χ1v) is 13.1. The molecule has 2 aromatic heterocycles. The van der Waals surface area contributed by atoms with E-state index in [9.17, 15) is 9.90 Å². The summed E-state index contributed by atoms with van der Waals surface area (Å²) in [4.78, 5) is 19.5. The molecule has 4 rings (SSSR count). The number of phenolic OH excluding ortho intramolecular Hbond substituents is 1. The second kappa shape index (κ2) is 10.9. The molecule has 0 spiro atoms. The molecule has 11 heteroatoms. The molecule has 0 atom stereocenters. The Hall–Kier alpha value is -2.75. The maximum atomic E-state index is 13.0. The van der Waals surface area contributed by atoms with E-state index in [-0.39, 0.29) is 17.9 Å². The zero-order valence-electron chi connectivity index (χ0n) is 21.8. The van der Waals surface area contributed by atoms with Crippen molar-refractivity contribution in [1.82, 2.24) is 19.5 Å². The van der Waals surface area contributed by atoms with Crippen molar-refractivity contribution in [1.29, 1.82) is 0 Å². The maximum Gasteiger partial charge on any atom is 0.410 e. The number of nitrogens with zero attached hydrogens (tertiary/aromatic N) is 4. The number of hydrogen-bond acceptors (Lipinski definition) is 7. The number of carbonyl (C=O) groups is 1. The fourth-order valence-corrected chi connectivity index (χ4v) is 5.17. The van der Waals surface area contributed by atoms with Crippen LogP contribution in [0.15, 0.2) is 18.2 Å². The van der Waals surface area contributed by atoms with E-state index in [0.717, 1.165) is 24.4 Å². The number of halogens is 2. The van der Waals surface area contributed by atoms with Crippen LogP contribution in [0.25, 0.3) is 16.8 Å². The summed E-state index contributed by atoms with van der Waals surface area (Å²) in [5.41, 5.74) is 2.72. The first-order valence-electron chi connectivity index (χ1n) is 12.3. The van der Waals surface area contributed by atoms with E-state index in [1.807, 2.05) is 40.7 Å². The van der Waals surface area contributed by atoms with E-state index in [1.54, 1.807) is 9.42 Å². The number of amides is 1. The maximum absolute atomic E-state index is 13.0. The molecule has 2 N–H and O–H groups in total. The quantitative estimate of drug-likeness (QED) is 0.397. The molecule has 1 amide bonds. The number of ether oxygens (including phenoxy) is 2. The molecule has 1 aliphatic heterocycles. The van der Waals surface area contributed by atoms with Gasteiger partial charge in [0.2, 0.25) is 0 Å². The van der Waals surface area contributed by atoms with Crippen LogP contribution in [0.4, 0.5) is 10.6 Å². The van der Waals surface area contributed by atoms with E-state index in [1.165, 1.54) is 12.1 Å². The molecule has 0 radical (unpaired) electrons. The number of carbonyl (C=O) groups excluding carboxylic acids is 1. The van der Waals surface area contributed by atoms with Crippen molar-refractivity contribution >= 4 is 40.8 Å². The van der Waals surface area contributed by atoms with Crippen LogP contribution in [0.2, 0.25) is 10.0 Å². The van der Waals surface area contributed by atoms with Gasteiger partial charge in [-0.3, -0.25) is 0 Å². The fraction of sp³-hybridized carbons (Fsp3) is 0.500. The van der Waals surface area contributed by atoms with Crippen molar-refractivity contribution < 1.29 is 19.4 Å². The minimum absolute atomic E-state index is 0.0153. The van der Waals surface area contributed by atoms with Gasteiger partial charge in [-0.2, -0.15) is 9.61 Å². The Morgan fingerprint density at radius 1 is 1.19 bits per heavy atom. The molecule has 9 nitrogen and oxygen atoms in total. The van der Waals surface area contributed by atoms with Gasteiger partial charge >= 0.3 is 6.09 Å². The van der Waals surface area contributed by atoms with E-state index < -0.39 is 5.60 Å². The van der Waals surface area contributed by atoms with Crippen molar-refractivity contribution in [3.8, 4) is 16.9 Å². The first-order chi connectivity index (χ1) is 17.4. The van der Waals surface area contributed by atoms with Gasteiger partial charge in [0.05, 0.1) is 21.3 Å². The molecule has 1 saturated heterocycles. The standard InChI is InChI=1S/C26H33Cl2N5O4/c1-15-12-21(29-8-9-32(17-6-10-36-11-7-17)25(35)37-26(3,4)5)33-24(30-15)22(16(2)31-33)23-19(27)13-18(34)14-20(23)28/h12-14,17,29,34H,6-11H2,1-5H3. The second-order valence-electron chi connectivity index (χ2n) is 10.2. The molecular formula is C26H33Cl2N5O4. The molecule has 0 saturated carbocycles. The van der Waals surface area contributed by atoms with Gasteiger partial charge < -0.3 is 24.8 Å². The van der Waals surface area contributed by atoms with Gasteiger partial charge in [-0.25, -0.2) is 9.78 Å². The highest BCUT2D eigenvalue weighted by atomic mass is 35.5. The summed E-state index contributed by atoms with van der Waals surface area (Å²) < 4.78 is 12.9. The van der Waals surface area contributed by atoms with Gasteiger partial charge in [0.25, 0.3) is 0 Å². The number of anilines is 1. The molecule has 0 aliphatic carbocycles. The van der Waals surface area contributed by atoms with Crippen LogP contribution >= 0.6 is 23.2 Å². The Balaban J connectivity index is 1.61. The lowest BCUT2D eigenvalue weighted by Gasteiger charge is -2.35. The predicted molar refractivity (Wildman–Crippen MR) is 145 cm³/mol. The van der Waals surface area contributed by atoms with E-state index in [0.29, 0.717) is 58.8 Å². The molecular weight excluding hydrogens is 517 g/mol. The minimum atomic E-state index is -0.581. The monoisotopic (exact) mass is 549 g/mol. The lowest BCUT2D eigenvalue weighted by molar-refractivity contribution is -0.00445. The lowest BCUT2D eigenvalue weighted by atomic mass is 10.1. The van der Waals surface area contributed by atoms with Crippen LogP contribution in [0.1, 0.15) is 45.0 Å². The SMILES string of the molecule is Cc1cc(NCCN(C(=O)OC(C)(C)C)C2CCOCC2)n2nc(C)c(-c3c(Cl)cc(O)cc3Cl)c2n1. The molecule has 200 valence electrons. The lowest BCUT2D eigenvalue weighted by Crippen LogP contribution is -2.47. The van der Waals surface area contributed by atoms with Crippen LogP contribution in [0, 0.1) is 13.8 Å². The Morgan fingerprint density at radius 3 is 2.46 bits per heavy atom. The summed E-state index contributed by atoms with van der Waals surface area (Å²) in [5, 5.41) is 18.6. The van der Waals surface area contributed by atoms with Crippen LogP contribution in [0.3, 0.4) is 0 Å². The number of hydrogen-bond donors (Lipinski definition) is 2. The third-order valence-electron chi connectivity index (χ3n) is 6.09. The number of fused-ring (bicyclic) bond motifs is 1. The molecule has 0 unspecified atom stereocenters. The van der Waals surface area contributed by atoms with Gasteiger partial charge in [-0.05, 0) is 59.6 Å². The summed E-state index contributed by atoms with van der Waals surface area (Å²) in [6.07, 6.45) is 1.22. The molecule has 37 heavy (non-hydrogen) atoms. The van der Waals surface area contributed by atoms with Crippen LogP contribution < -0.4 is 5.32 Å². The topological polar surface area (TPSA) is 101 Å². The van der Waals surface area contributed by atoms with Crippen molar-refractivity contribution in [2.45, 2.75) is 59.1 Å². The number of nitrogens with one attached hydrogen (secondary N) is 1. The van der Waals surface area contributed by atoms with Gasteiger partial charge in [0.15, 0.2) is 5.65 Å².